The van der Waals surface area contributed by atoms with Gasteiger partial charge in [0.15, 0.2) is 0 Å². The van der Waals surface area contributed by atoms with Gasteiger partial charge in [0.2, 0.25) is 5.91 Å². The van der Waals surface area contributed by atoms with Crippen molar-refractivity contribution in [3.63, 3.8) is 0 Å². The number of carbonyl (C=O) groups excluding carboxylic acids is 3. The van der Waals surface area contributed by atoms with Gasteiger partial charge in [-0.15, -0.1) is 0 Å². The average Bonchev–Trinajstić information content (AvgIpc) is 2.84. The predicted octanol–water partition coefficient (Wildman–Crippen LogP) is 0.712. The summed E-state index contributed by atoms with van der Waals surface area (Å²) in [6.07, 6.45) is -0.00224. The molecule has 0 aromatic heterocycles. The molecule has 0 fully saturated rings. The molecule has 10 nitrogen and oxygen atoms in total. The number of rotatable bonds is 9. The van der Waals surface area contributed by atoms with Gasteiger partial charge in [-0.3, -0.25) is 19.6 Å². The zero-order valence-corrected chi connectivity index (χ0v) is 18.7. The zero-order valence-electron chi connectivity index (χ0n) is 18.7. The molecule has 35 heavy (non-hydrogen) atoms. The zero-order chi connectivity index (χ0) is 25.1. The normalized spacial score (nSPS) is 12.6. The minimum absolute atomic E-state index is 0. The summed E-state index contributed by atoms with van der Waals surface area (Å²) in [5, 5.41) is 23.4. The van der Waals surface area contributed by atoms with E-state index in [2.05, 4.69) is 22.5 Å². The highest BCUT2D eigenvalue weighted by atomic mass is 16.5. The van der Waals surface area contributed by atoms with Crippen molar-refractivity contribution in [2.45, 2.75) is 45.4 Å². The Kier molecular flexibility index (Phi) is 12.1. The fraction of sp³-hybridized carbons (Fsp3) is 0.320. The Morgan fingerprint density at radius 2 is 1.51 bits per heavy atom. The second-order valence-electron chi connectivity index (χ2n) is 7.60. The molecule has 0 aliphatic heterocycles. The van der Waals surface area contributed by atoms with Gasteiger partial charge < -0.3 is 27.2 Å². The molecule has 0 aliphatic rings. The van der Waals surface area contributed by atoms with Gasteiger partial charge in [0.1, 0.15) is 6.04 Å². The van der Waals surface area contributed by atoms with E-state index in [-0.39, 0.29) is 18.9 Å². The van der Waals surface area contributed by atoms with Gasteiger partial charge in [0.05, 0.1) is 12.1 Å². The Balaban J connectivity index is 0.00000612. The Bertz CT molecular complexity index is 1040. The fourth-order valence-electron chi connectivity index (χ4n) is 2.89. The summed E-state index contributed by atoms with van der Waals surface area (Å²) in [6, 6.07) is 11.4. The minimum Gasteiger partial charge on any atom is -0.391 e. The van der Waals surface area contributed by atoms with E-state index >= 15 is 0 Å². The molecule has 0 spiro atoms. The number of benzene rings is 2. The summed E-state index contributed by atoms with van der Waals surface area (Å²) in [5.41, 5.74) is 14.9. The van der Waals surface area contributed by atoms with E-state index in [9.17, 15) is 19.5 Å². The summed E-state index contributed by atoms with van der Waals surface area (Å²) < 4.78 is 0. The number of aliphatic hydroxyl groups excluding tert-OH is 1. The van der Waals surface area contributed by atoms with Crippen molar-refractivity contribution in [3.8, 4) is 11.8 Å². The van der Waals surface area contributed by atoms with Crippen LogP contribution in [0.25, 0.3) is 0 Å². The molecule has 0 saturated heterocycles. The van der Waals surface area contributed by atoms with Gasteiger partial charge in [0.25, 0.3) is 11.8 Å². The van der Waals surface area contributed by atoms with Crippen LogP contribution in [0.2, 0.25) is 0 Å². The molecule has 2 rings (SSSR count). The highest BCUT2D eigenvalue weighted by Crippen LogP contribution is 2.11. The Hall–Kier alpha value is -3.75. The molecule has 0 aliphatic carbocycles. The topological polar surface area (TPSA) is 180 Å². The Labute approximate surface area is 205 Å². The first kappa shape index (κ1) is 29.3. The molecule has 0 heterocycles. The number of carbonyl (C=O) groups is 3. The van der Waals surface area contributed by atoms with Crippen LogP contribution >= 0.6 is 0 Å². The number of nitrogens with two attached hydrogens (primary N) is 2. The highest BCUT2D eigenvalue weighted by molar-refractivity contribution is 5.97. The molecule has 2 aromatic rings. The van der Waals surface area contributed by atoms with E-state index in [1.807, 2.05) is 0 Å². The Morgan fingerprint density at radius 3 is 2.00 bits per heavy atom. The van der Waals surface area contributed by atoms with Crippen molar-refractivity contribution in [3.05, 3.63) is 65.2 Å². The fourth-order valence-corrected chi connectivity index (χ4v) is 2.89. The molecule has 3 atom stereocenters. The molecule has 0 radical (unpaired) electrons. The van der Waals surface area contributed by atoms with Crippen molar-refractivity contribution in [2.75, 3.05) is 11.9 Å². The van der Waals surface area contributed by atoms with Gasteiger partial charge in [-0.05, 0) is 74.8 Å². The number of nitrogens with one attached hydrogen (secondary N) is 3. The van der Waals surface area contributed by atoms with Crippen molar-refractivity contribution in [1.82, 2.24) is 10.8 Å². The van der Waals surface area contributed by atoms with E-state index in [0.717, 1.165) is 5.56 Å². The lowest BCUT2D eigenvalue weighted by Gasteiger charge is -2.19. The highest BCUT2D eigenvalue weighted by Gasteiger charge is 2.25. The average molecular weight is 484 g/mol. The summed E-state index contributed by atoms with van der Waals surface area (Å²) >= 11 is 0. The molecule has 10 heteroatoms. The number of anilines is 1. The molecule has 188 valence electrons. The number of hydrogen-bond donors (Lipinski definition) is 7. The first-order valence-corrected chi connectivity index (χ1v) is 10.7. The third-order valence-electron chi connectivity index (χ3n) is 4.87. The molecule has 0 saturated carbocycles. The second kappa shape index (κ2) is 14.5. The summed E-state index contributed by atoms with van der Waals surface area (Å²) in [4.78, 5) is 35.9. The quantitative estimate of drug-likeness (QED) is 0.156. The van der Waals surface area contributed by atoms with Gasteiger partial charge in [0, 0.05) is 22.4 Å². The van der Waals surface area contributed by atoms with Crippen molar-refractivity contribution < 1.29 is 24.7 Å². The lowest BCUT2D eigenvalue weighted by molar-refractivity contribution is -0.133. The Morgan fingerprint density at radius 1 is 0.971 bits per heavy atom. The van der Waals surface area contributed by atoms with Crippen LogP contribution in [0.5, 0.6) is 0 Å². The summed E-state index contributed by atoms with van der Waals surface area (Å²) in [5.74, 6) is 4.19. The maximum Gasteiger partial charge on any atom is 0.268 e. The van der Waals surface area contributed by atoms with Crippen LogP contribution in [-0.4, -0.2) is 52.8 Å². The maximum atomic E-state index is 12.3. The third kappa shape index (κ3) is 9.19. The van der Waals surface area contributed by atoms with Crippen molar-refractivity contribution >= 4 is 23.4 Å². The molecule has 2 aromatic carbocycles. The van der Waals surface area contributed by atoms with Gasteiger partial charge in [-0.2, -0.15) is 0 Å². The monoisotopic (exact) mass is 483 g/mol. The van der Waals surface area contributed by atoms with E-state index in [1.165, 1.54) is 24.5 Å². The second-order valence-corrected chi connectivity index (χ2v) is 7.60. The predicted molar refractivity (Wildman–Crippen MR) is 133 cm³/mol. The molecule has 0 bridgehead atoms. The molecule has 3 amide bonds. The standard InChI is InChI=1S/C24H29N5O5.CH4/c1-15(30)21(24(33)29-34)28-22(31)18-10-6-16(7-11-18)4-5-17-8-12-19(13-9-17)27-23(32)20(26)3-2-14-25;/h6-13,15,20-21,30,34H,2-3,14,25-26H2,1H3,(H,27,32)(H,28,31)(H,29,33);1H4/t15-,20+,21+;/m1./s1. The van der Waals surface area contributed by atoms with Crippen LogP contribution in [0.3, 0.4) is 0 Å². The smallest absolute Gasteiger partial charge is 0.268 e. The van der Waals surface area contributed by atoms with E-state index in [0.29, 0.717) is 30.6 Å². The van der Waals surface area contributed by atoms with Crippen LogP contribution in [0.1, 0.15) is 48.7 Å². The van der Waals surface area contributed by atoms with Crippen LogP contribution < -0.4 is 27.6 Å². The SMILES string of the molecule is C.C[C@@H](O)[C@H](NC(=O)c1ccc(C#Cc2ccc(NC(=O)[C@@H](N)CCCN)cc2)cc1)C(=O)NO. The molecular weight excluding hydrogens is 450 g/mol. The van der Waals surface area contributed by atoms with Crippen LogP contribution in [-0.2, 0) is 9.59 Å². The number of hydrogen-bond acceptors (Lipinski definition) is 7. The summed E-state index contributed by atoms with van der Waals surface area (Å²) in [7, 11) is 0. The summed E-state index contributed by atoms with van der Waals surface area (Å²) in [6.45, 7) is 1.80. The van der Waals surface area contributed by atoms with Crippen molar-refractivity contribution in [1.29, 1.82) is 0 Å². The van der Waals surface area contributed by atoms with Gasteiger partial charge in [-0.25, -0.2) is 5.48 Å². The van der Waals surface area contributed by atoms with Crippen LogP contribution in [0.15, 0.2) is 48.5 Å². The number of amides is 3. The lowest BCUT2D eigenvalue weighted by atomic mass is 10.1. The van der Waals surface area contributed by atoms with Gasteiger partial charge >= 0.3 is 0 Å². The van der Waals surface area contributed by atoms with E-state index in [1.54, 1.807) is 36.4 Å². The number of aliphatic hydroxyl groups is 1. The first-order valence-electron chi connectivity index (χ1n) is 10.7. The van der Waals surface area contributed by atoms with Crippen LogP contribution in [0, 0.1) is 11.8 Å². The van der Waals surface area contributed by atoms with E-state index in [4.69, 9.17) is 16.7 Å². The minimum atomic E-state index is -1.30. The maximum absolute atomic E-state index is 12.3. The van der Waals surface area contributed by atoms with Crippen LogP contribution in [0.4, 0.5) is 5.69 Å². The molecule has 9 N–H and O–H groups in total. The van der Waals surface area contributed by atoms with E-state index < -0.39 is 30.0 Å². The first-order chi connectivity index (χ1) is 16.2. The van der Waals surface area contributed by atoms with Crippen molar-refractivity contribution in [2.24, 2.45) is 11.5 Å². The molecular formula is C25H33N5O5. The lowest BCUT2D eigenvalue weighted by Crippen LogP contribution is -2.51. The largest absolute Gasteiger partial charge is 0.391 e. The van der Waals surface area contributed by atoms with Gasteiger partial charge in [-0.1, -0.05) is 19.3 Å². The molecule has 0 unspecified atom stereocenters. The third-order valence-corrected chi connectivity index (χ3v) is 4.87. The number of hydroxylamine groups is 1.